The largest absolute Gasteiger partial charge is 0.396 e. The summed E-state index contributed by atoms with van der Waals surface area (Å²) in [6, 6.07) is 0.781. The predicted molar refractivity (Wildman–Crippen MR) is 75.7 cm³/mol. The standard InChI is InChI=1S/C15H30N2O/c1-13(12-18)11-17-10-4-2-3-5-15(17)14-6-8-16-9-7-14/h13-16,18H,2-12H2,1H3. The minimum absolute atomic E-state index is 0.329. The van der Waals surface area contributed by atoms with E-state index in [1.807, 2.05) is 0 Å². The maximum atomic E-state index is 9.30. The second-order valence-corrected chi connectivity index (χ2v) is 6.29. The average molecular weight is 254 g/mol. The van der Waals surface area contributed by atoms with E-state index >= 15 is 0 Å². The van der Waals surface area contributed by atoms with Crippen molar-refractivity contribution in [3.8, 4) is 0 Å². The van der Waals surface area contributed by atoms with Crippen molar-refractivity contribution in [1.29, 1.82) is 0 Å². The van der Waals surface area contributed by atoms with Crippen LogP contribution in [-0.4, -0.2) is 48.8 Å². The zero-order valence-electron chi connectivity index (χ0n) is 11.9. The number of nitrogens with one attached hydrogen (secondary N) is 1. The Morgan fingerprint density at radius 3 is 2.67 bits per heavy atom. The molecule has 2 fully saturated rings. The minimum atomic E-state index is 0.329. The van der Waals surface area contributed by atoms with E-state index in [1.54, 1.807) is 0 Å². The number of piperidine rings is 1. The van der Waals surface area contributed by atoms with Gasteiger partial charge in [-0.3, -0.25) is 4.90 Å². The highest BCUT2D eigenvalue weighted by Gasteiger charge is 2.30. The fourth-order valence-electron chi connectivity index (χ4n) is 3.64. The predicted octanol–water partition coefficient (Wildman–Crippen LogP) is 1.86. The number of rotatable bonds is 4. The first-order chi connectivity index (χ1) is 8.81. The summed E-state index contributed by atoms with van der Waals surface area (Å²) < 4.78 is 0. The van der Waals surface area contributed by atoms with Crippen molar-refractivity contribution in [1.82, 2.24) is 10.2 Å². The number of aliphatic hydroxyl groups is 1. The summed E-state index contributed by atoms with van der Waals surface area (Å²) in [7, 11) is 0. The van der Waals surface area contributed by atoms with Crippen LogP contribution >= 0.6 is 0 Å². The van der Waals surface area contributed by atoms with Gasteiger partial charge in [-0.1, -0.05) is 19.8 Å². The van der Waals surface area contributed by atoms with Crippen LogP contribution in [0.25, 0.3) is 0 Å². The van der Waals surface area contributed by atoms with Crippen molar-refractivity contribution in [2.24, 2.45) is 11.8 Å². The first-order valence-electron chi connectivity index (χ1n) is 7.87. The van der Waals surface area contributed by atoms with E-state index in [1.165, 1.54) is 58.2 Å². The molecule has 2 rings (SSSR count). The highest BCUT2D eigenvalue weighted by molar-refractivity contribution is 4.85. The third-order valence-electron chi connectivity index (χ3n) is 4.70. The summed E-state index contributed by atoms with van der Waals surface area (Å²) in [6.07, 6.45) is 8.20. The molecular weight excluding hydrogens is 224 g/mol. The second-order valence-electron chi connectivity index (χ2n) is 6.29. The third kappa shape index (κ3) is 3.94. The Hall–Kier alpha value is -0.120. The molecule has 0 aliphatic carbocycles. The second kappa shape index (κ2) is 7.46. The zero-order valence-corrected chi connectivity index (χ0v) is 11.9. The lowest BCUT2D eigenvalue weighted by Crippen LogP contribution is -2.46. The number of aliphatic hydroxyl groups excluding tert-OH is 1. The fourth-order valence-corrected chi connectivity index (χ4v) is 3.64. The van der Waals surface area contributed by atoms with Gasteiger partial charge in [0.2, 0.25) is 0 Å². The molecule has 2 aliphatic rings. The van der Waals surface area contributed by atoms with Gasteiger partial charge in [0.15, 0.2) is 0 Å². The molecule has 0 spiro atoms. The van der Waals surface area contributed by atoms with Crippen LogP contribution in [0, 0.1) is 11.8 Å². The van der Waals surface area contributed by atoms with Crippen molar-refractivity contribution in [3.63, 3.8) is 0 Å². The molecule has 2 aliphatic heterocycles. The van der Waals surface area contributed by atoms with E-state index in [4.69, 9.17) is 0 Å². The van der Waals surface area contributed by atoms with E-state index in [0.29, 0.717) is 12.5 Å². The lowest BCUT2D eigenvalue weighted by atomic mass is 9.86. The third-order valence-corrected chi connectivity index (χ3v) is 4.70. The number of likely N-dealkylation sites (tertiary alicyclic amines) is 1. The molecule has 0 amide bonds. The summed E-state index contributed by atoms with van der Waals surface area (Å²) in [4.78, 5) is 2.70. The van der Waals surface area contributed by atoms with Gasteiger partial charge in [0.1, 0.15) is 0 Å². The van der Waals surface area contributed by atoms with Gasteiger partial charge in [-0.25, -0.2) is 0 Å². The summed E-state index contributed by atoms with van der Waals surface area (Å²) >= 11 is 0. The molecule has 3 heteroatoms. The quantitative estimate of drug-likeness (QED) is 0.804. The summed E-state index contributed by atoms with van der Waals surface area (Å²) in [6.45, 7) is 7.24. The van der Waals surface area contributed by atoms with Crippen molar-refractivity contribution in [2.45, 2.75) is 51.5 Å². The molecule has 2 heterocycles. The van der Waals surface area contributed by atoms with Crippen LogP contribution in [-0.2, 0) is 0 Å². The number of hydrogen-bond donors (Lipinski definition) is 2. The monoisotopic (exact) mass is 254 g/mol. The molecular formula is C15H30N2O. The molecule has 0 aromatic rings. The fraction of sp³-hybridized carbons (Fsp3) is 1.00. The summed E-state index contributed by atoms with van der Waals surface area (Å²) in [5.41, 5.74) is 0. The first-order valence-corrected chi connectivity index (χ1v) is 7.87. The van der Waals surface area contributed by atoms with Crippen LogP contribution in [0.2, 0.25) is 0 Å². The molecule has 0 bridgehead atoms. The molecule has 0 aromatic heterocycles. The van der Waals surface area contributed by atoms with Crippen molar-refractivity contribution in [2.75, 3.05) is 32.8 Å². The van der Waals surface area contributed by atoms with E-state index in [9.17, 15) is 5.11 Å². The van der Waals surface area contributed by atoms with Gasteiger partial charge in [-0.2, -0.15) is 0 Å². The van der Waals surface area contributed by atoms with E-state index < -0.39 is 0 Å². The van der Waals surface area contributed by atoms with E-state index in [-0.39, 0.29) is 0 Å². The van der Waals surface area contributed by atoms with Gasteiger partial charge < -0.3 is 10.4 Å². The smallest absolute Gasteiger partial charge is 0.0468 e. The average Bonchev–Trinajstić information content (AvgIpc) is 2.65. The van der Waals surface area contributed by atoms with Crippen LogP contribution in [0.4, 0.5) is 0 Å². The lowest BCUT2D eigenvalue weighted by Gasteiger charge is -2.39. The normalized spacial score (nSPS) is 30.0. The highest BCUT2D eigenvalue weighted by Crippen LogP contribution is 2.28. The van der Waals surface area contributed by atoms with Crippen molar-refractivity contribution in [3.05, 3.63) is 0 Å². The first kappa shape index (κ1) is 14.3. The van der Waals surface area contributed by atoms with E-state index in [2.05, 4.69) is 17.1 Å². The highest BCUT2D eigenvalue weighted by atomic mass is 16.3. The van der Waals surface area contributed by atoms with Crippen LogP contribution in [0.15, 0.2) is 0 Å². The molecule has 106 valence electrons. The Bertz CT molecular complexity index is 229. The Morgan fingerprint density at radius 2 is 1.94 bits per heavy atom. The molecule has 0 saturated carbocycles. The van der Waals surface area contributed by atoms with Crippen LogP contribution < -0.4 is 5.32 Å². The van der Waals surface area contributed by atoms with Gasteiger partial charge in [-0.15, -0.1) is 0 Å². The number of hydrogen-bond acceptors (Lipinski definition) is 3. The Labute approximate surface area is 112 Å². The van der Waals surface area contributed by atoms with Crippen LogP contribution in [0.5, 0.6) is 0 Å². The van der Waals surface area contributed by atoms with Gasteiger partial charge in [0.05, 0.1) is 0 Å². The van der Waals surface area contributed by atoms with Gasteiger partial charge in [-0.05, 0) is 57.2 Å². The maximum absolute atomic E-state index is 9.30. The molecule has 0 aromatic carbocycles. The molecule has 3 nitrogen and oxygen atoms in total. The summed E-state index contributed by atoms with van der Waals surface area (Å²) in [5.74, 6) is 1.31. The Kier molecular flexibility index (Phi) is 5.93. The van der Waals surface area contributed by atoms with Crippen LogP contribution in [0.3, 0.4) is 0 Å². The topological polar surface area (TPSA) is 35.5 Å². The Morgan fingerprint density at radius 1 is 1.17 bits per heavy atom. The van der Waals surface area contributed by atoms with Gasteiger partial charge in [0, 0.05) is 19.2 Å². The van der Waals surface area contributed by atoms with E-state index in [0.717, 1.165) is 18.5 Å². The van der Waals surface area contributed by atoms with Crippen LogP contribution in [0.1, 0.15) is 45.4 Å². The van der Waals surface area contributed by atoms with Gasteiger partial charge in [0.25, 0.3) is 0 Å². The van der Waals surface area contributed by atoms with Gasteiger partial charge >= 0.3 is 0 Å². The lowest BCUT2D eigenvalue weighted by molar-refractivity contribution is 0.0916. The minimum Gasteiger partial charge on any atom is -0.396 e. The molecule has 2 saturated heterocycles. The molecule has 2 N–H and O–H groups in total. The molecule has 18 heavy (non-hydrogen) atoms. The molecule has 2 atom stereocenters. The zero-order chi connectivity index (χ0) is 12.8. The summed E-state index contributed by atoms with van der Waals surface area (Å²) in [5, 5.41) is 12.8. The van der Waals surface area contributed by atoms with Crippen molar-refractivity contribution < 1.29 is 5.11 Å². The molecule has 2 unspecified atom stereocenters. The molecule has 0 radical (unpaired) electrons. The maximum Gasteiger partial charge on any atom is 0.0468 e. The Balaban J connectivity index is 1.96. The van der Waals surface area contributed by atoms with Crippen molar-refractivity contribution >= 4 is 0 Å². The SMILES string of the molecule is CC(CO)CN1CCCCCC1C1CCNCC1. The number of nitrogens with zero attached hydrogens (tertiary/aromatic N) is 1.